The van der Waals surface area contributed by atoms with E-state index in [1.54, 1.807) is 6.08 Å². The second kappa shape index (κ2) is 6.87. The van der Waals surface area contributed by atoms with E-state index in [1.165, 1.54) is 0 Å². The summed E-state index contributed by atoms with van der Waals surface area (Å²) < 4.78 is 0. The van der Waals surface area contributed by atoms with Crippen LogP contribution in [0.15, 0.2) is 17.6 Å². The van der Waals surface area contributed by atoms with Gasteiger partial charge in [0, 0.05) is 19.1 Å². The lowest BCUT2D eigenvalue weighted by Gasteiger charge is -2.09. The Morgan fingerprint density at radius 1 is 1.50 bits per heavy atom. The number of nitrogens with zero attached hydrogens (tertiary/aromatic N) is 1. The van der Waals surface area contributed by atoms with Crippen LogP contribution in [0.5, 0.6) is 0 Å². The predicted octanol–water partition coefficient (Wildman–Crippen LogP) is 0.00610. The van der Waals surface area contributed by atoms with Crippen LogP contribution >= 0.6 is 0 Å². The van der Waals surface area contributed by atoms with Crippen molar-refractivity contribution in [1.82, 2.24) is 16.0 Å². The van der Waals surface area contributed by atoms with Crippen molar-refractivity contribution in [3.63, 3.8) is 0 Å². The Labute approximate surface area is 96.4 Å². The quantitative estimate of drug-likeness (QED) is 0.338. The first-order chi connectivity index (χ1) is 7.76. The molecule has 1 aliphatic rings. The molecule has 0 bridgehead atoms. The number of carbonyl (C=O) groups excluding carboxylic acids is 1. The van der Waals surface area contributed by atoms with Crippen molar-refractivity contribution >= 4 is 11.9 Å². The predicted molar refractivity (Wildman–Crippen MR) is 65.3 cm³/mol. The maximum atomic E-state index is 11.4. The van der Waals surface area contributed by atoms with Gasteiger partial charge in [0.2, 0.25) is 5.91 Å². The standard InChI is InChI=1S/C11H20N4O/c1-3-7-13-11(12-4-2)14-8-10(16)15-9-5-6-9/h3,9H,1,4-8H2,2H3,(H,15,16)(H2,12,13,14). The lowest BCUT2D eigenvalue weighted by molar-refractivity contribution is -0.119. The topological polar surface area (TPSA) is 65.5 Å². The van der Waals surface area contributed by atoms with E-state index in [2.05, 4.69) is 27.5 Å². The van der Waals surface area contributed by atoms with E-state index < -0.39 is 0 Å². The van der Waals surface area contributed by atoms with Crippen LogP contribution in [0.25, 0.3) is 0 Å². The van der Waals surface area contributed by atoms with Crippen molar-refractivity contribution in [2.45, 2.75) is 25.8 Å². The van der Waals surface area contributed by atoms with Crippen LogP contribution in [0.2, 0.25) is 0 Å². The van der Waals surface area contributed by atoms with Crippen LogP contribution in [-0.2, 0) is 4.79 Å². The highest BCUT2D eigenvalue weighted by Crippen LogP contribution is 2.18. The van der Waals surface area contributed by atoms with Gasteiger partial charge in [-0.3, -0.25) is 4.79 Å². The van der Waals surface area contributed by atoms with Gasteiger partial charge < -0.3 is 16.0 Å². The van der Waals surface area contributed by atoms with E-state index >= 15 is 0 Å². The smallest absolute Gasteiger partial charge is 0.242 e. The SMILES string of the molecule is C=CCNC(=NCC(=O)NC1CC1)NCC. The molecule has 0 aromatic rings. The lowest BCUT2D eigenvalue weighted by Crippen LogP contribution is -2.38. The maximum Gasteiger partial charge on any atom is 0.242 e. The van der Waals surface area contributed by atoms with E-state index in [4.69, 9.17) is 0 Å². The van der Waals surface area contributed by atoms with E-state index in [-0.39, 0.29) is 12.5 Å². The number of guanidine groups is 1. The molecule has 0 aromatic heterocycles. The highest BCUT2D eigenvalue weighted by molar-refractivity contribution is 5.85. The Morgan fingerprint density at radius 2 is 2.25 bits per heavy atom. The van der Waals surface area contributed by atoms with Gasteiger partial charge in [0.15, 0.2) is 5.96 Å². The zero-order valence-electron chi connectivity index (χ0n) is 9.75. The van der Waals surface area contributed by atoms with E-state index in [0.29, 0.717) is 18.5 Å². The fraction of sp³-hybridized carbons (Fsp3) is 0.636. The molecule has 0 aliphatic heterocycles. The molecule has 0 saturated heterocycles. The molecule has 1 amide bonds. The van der Waals surface area contributed by atoms with Gasteiger partial charge in [-0.1, -0.05) is 6.08 Å². The molecular weight excluding hydrogens is 204 g/mol. The number of hydrogen-bond donors (Lipinski definition) is 3. The first-order valence-corrected chi connectivity index (χ1v) is 5.68. The molecule has 0 radical (unpaired) electrons. The summed E-state index contributed by atoms with van der Waals surface area (Å²) in [6.07, 6.45) is 3.95. The molecule has 1 rings (SSSR count). The molecule has 1 aliphatic carbocycles. The summed E-state index contributed by atoms with van der Waals surface area (Å²) in [5.74, 6) is 0.631. The molecule has 1 fully saturated rings. The number of carbonyl (C=O) groups is 1. The van der Waals surface area contributed by atoms with Crippen molar-refractivity contribution in [1.29, 1.82) is 0 Å². The minimum Gasteiger partial charge on any atom is -0.357 e. The third-order valence-electron chi connectivity index (χ3n) is 2.08. The van der Waals surface area contributed by atoms with Crippen molar-refractivity contribution in [3.8, 4) is 0 Å². The van der Waals surface area contributed by atoms with Gasteiger partial charge >= 0.3 is 0 Å². The zero-order valence-corrected chi connectivity index (χ0v) is 9.75. The van der Waals surface area contributed by atoms with Crippen molar-refractivity contribution in [2.24, 2.45) is 4.99 Å². The maximum absolute atomic E-state index is 11.4. The van der Waals surface area contributed by atoms with Crippen molar-refractivity contribution in [2.75, 3.05) is 19.6 Å². The van der Waals surface area contributed by atoms with E-state index in [0.717, 1.165) is 19.4 Å². The molecule has 0 atom stereocenters. The molecule has 90 valence electrons. The molecule has 0 aromatic carbocycles. The van der Waals surface area contributed by atoms with Crippen molar-refractivity contribution in [3.05, 3.63) is 12.7 Å². The van der Waals surface area contributed by atoms with Crippen LogP contribution in [-0.4, -0.2) is 37.5 Å². The molecule has 0 spiro atoms. The summed E-state index contributed by atoms with van der Waals surface area (Å²) in [7, 11) is 0. The monoisotopic (exact) mass is 224 g/mol. The minimum absolute atomic E-state index is 0.0155. The Morgan fingerprint density at radius 3 is 2.81 bits per heavy atom. The highest BCUT2D eigenvalue weighted by Gasteiger charge is 2.22. The number of rotatable bonds is 6. The average molecular weight is 224 g/mol. The summed E-state index contributed by atoms with van der Waals surface area (Å²) in [4.78, 5) is 15.5. The molecule has 0 heterocycles. The summed E-state index contributed by atoms with van der Waals surface area (Å²) in [5.41, 5.74) is 0. The first kappa shape index (κ1) is 12.5. The van der Waals surface area contributed by atoms with Gasteiger partial charge in [-0.2, -0.15) is 0 Å². The normalized spacial score (nSPS) is 15.4. The van der Waals surface area contributed by atoms with Gasteiger partial charge in [-0.05, 0) is 19.8 Å². The third-order valence-corrected chi connectivity index (χ3v) is 2.08. The number of aliphatic imine (C=N–C) groups is 1. The van der Waals surface area contributed by atoms with Gasteiger partial charge in [0.1, 0.15) is 6.54 Å². The van der Waals surface area contributed by atoms with Crippen LogP contribution in [0.4, 0.5) is 0 Å². The molecule has 0 unspecified atom stereocenters. The summed E-state index contributed by atoms with van der Waals surface area (Å²) in [6.45, 7) is 7.17. The average Bonchev–Trinajstić information content (AvgIpc) is 3.06. The number of amides is 1. The van der Waals surface area contributed by atoms with Crippen LogP contribution in [0, 0.1) is 0 Å². The second-order valence-corrected chi connectivity index (χ2v) is 3.71. The fourth-order valence-electron chi connectivity index (χ4n) is 1.16. The van der Waals surface area contributed by atoms with Crippen LogP contribution < -0.4 is 16.0 Å². The second-order valence-electron chi connectivity index (χ2n) is 3.71. The fourth-order valence-corrected chi connectivity index (χ4v) is 1.16. The molecular formula is C11H20N4O. The number of nitrogens with one attached hydrogen (secondary N) is 3. The summed E-state index contributed by atoms with van der Waals surface area (Å²) >= 11 is 0. The van der Waals surface area contributed by atoms with Crippen LogP contribution in [0.3, 0.4) is 0 Å². The van der Waals surface area contributed by atoms with Crippen LogP contribution in [0.1, 0.15) is 19.8 Å². The molecule has 16 heavy (non-hydrogen) atoms. The zero-order chi connectivity index (χ0) is 11.8. The van der Waals surface area contributed by atoms with Crippen molar-refractivity contribution < 1.29 is 4.79 Å². The minimum atomic E-state index is -0.0155. The van der Waals surface area contributed by atoms with E-state index in [1.807, 2.05) is 6.92 Å². The summed E-state index contributed by atoms with van der Waals surface area (Å²) in [6, 6.07) is 0.395. The molecule has 5 heteroatoms. The lowest BCUT2D eigenvalue weighted by atomic mass is 10.5. The summed E-state index contributed by atoms with van der Waals surface area (Å²) in [5, 5.41) is 8.97. The largest absolute Gasteiger partial charge is 0.357 e. The first-order valence-electron chi connectivity index (χ1n) is 5.68. The van der Waals surface area contributed by atoms with E-state index in [9.17, 15) is 4.79 Å². The van der Waals surface area contributed by atoms with Gasteiger partial charge in [-0.15, -0.1) is 6.58 Å². The molecule has 5 nitrogen and oxygen atoms in total. The Balaban J connectivity index is 2.29. The third kappa shape index (κ3) is 5.38. The van der Waals surface area contributed by atoms with Gasteiger partial charge in [0.25, 0.3) is 0 Å². The Bertz CT molecular complexity index is 271. The van der Waals surface area contributed by atoms with Gasteiger partial charge in [0.05, 0.1) is 0 Å². The molecule has 1 saturated carbocycles. The highest BCUT2D eigenvalue weighted by atomic mass is 16.2. The molecule has 3 N–H and O–H groups in total. The Hall–Kier alpha value is -1.52. The Kier molecular flexibility index (Phi) is 5.39. The number of hydrogen-bond acceptors (Lipinski definition) is 2. The van der Waals surface area contributed by atoms with Gasteiger partial charge in [-0.25, -0.2) is 4.99 Å².